The van der Waals surface area contributed by atoms with Gasteiger partial charge in [-0.25, -0.2) is 0 Å². The third-order valence-corrected chi connectivity index (χ3v) is 2.42. The van der Waals surface area contributed by atoms with Crippen molar-refractivity contribution in [3.63, 3.8) is 0 Å². The third-order valence-electron chi connectivity index (χ3n) is 2.17. The summed E-state index contributed by atoms with van der Waals surface area (Å²) in [5, 5.41) is 5.19. The molecule has 17 heavy (non-hydrogen) atoms. The molecular formula is C11H11ClF2O3. The lowest BCUT2D eigenvalue weighted by Crippen LogP contribution is -2.29. The SMILES string of the molecule is COc1ccc(C(=O)C[C@H](O)C(F)(F)Cl)cc1. The number of aliphatic hydroxyl groups is 1. The molecule has 94 valence electrons. The van der Waals surface area contributed by atoms with Gasteiger partial charge in [0.1, 0.15) is 11.9 Å². The third kappa shape index (κ3) is 3.94. The highest BCUT2D eigenvalue weighted by Crippen LogP contribution is 2.26. The van der Waals surface area contributed by atoms with Gasteiger partial charge in [-0.15, -0.1) is 0 Å². The molecule has 0 aliphatic heterocycles. The van der Waals surface area contributed by atoms with E-state index in [1.54, 1.807) is 0 Å². The molecule has 0 aliphatic rings. The maximum atomic E-state index is 12.5. The molecule has 0 amide bonds. The van der Waals surface area contributed by atoms with Crippen molar-refractivity contribution in [3.8, 4) is 5.75 Å². The normalized spacial score (nSPS) is 13.2. The van der Waals surface area contributed by atoms with E-state index in [0.29, 0.717) is 5.75 Å². The zero-order valence-corrected chi connectivity index (χ0v) is 9.75. The molecule has 1 N–H and O–H groups in total. The molecule has 0 radical (unpaired) electrons. The van der Waals surface area contributed by atoms with E-state index in [1.807, 2.05) is 0 Å². The van der Waals surface area contributed by atoms with Crippen LogP contribution >= 0.6 is 11.6 Å². The summed E-state index contributed by atoms with van der Waals surface area (Å²) >= 11 is 4.61. The summed E-state index contributed by atoms with van der Waals surface area (Å²) in [6.07, 6.45) is -2.93. The van der Waals surface area contributed by atoms with Crippen LogP contribution in [0.25, 0.3) is 0 Å². The highest BCUT2D eigenvalue weighted by Gasteiger charge is 2.37. The fraction of sp³-hybridized carbons (Fsp3) is 0.364. The number of Topliss-reactive ketones (excluding diaryl/α,β-unsaturated/α-hetero) is 1. The van der Waals surface area contributed by atoms with Gasteiger partial charge in [0.05, 0.1) is 7.11 Å². The Labute approximate surface area is 102 Å². The van der Waals surface area contributed by atoms with Crippen molar-refractivity contribution in [2.45, 2.75) is 17.9 Å². The second kappa shape index (κ2) is 5.42. The topological polar surface area (TPSA) is 46.5 Å². The van der Waals surface area contributed by atoms with Crippen LogP contribution in [0.4, 0.5) is 8.78 Å². The Morgan fingerprint density at radius 2 is 2.00 bits per heavy atom. The Hall–Kier alpha value is -1.20. The summed E-state index contributed by atoms with van der Waals surface area (Å²) < 4.78 is 29.8. The average Bonchev–Trinajstić information content (AvgIpc) is 2.27. The van der Waals surface area contributed by atoms with Crippen molar-refractivity contribution >= 4 is 17.4 Å². The molecule has 1 aromatic rings. The molecule has 0 aliphatic carbocycles. The second-order valence-electron chi connectivity index (χ2n) is 3.41. The number of hydrogen-bond acceptors (Lipinski definition) is 3. The summed E-state index contributed by atoms with van der Waals surface area (Å²) in [6, 6.07) is 5.91. The van der Waals surface area contributed by atoms with Crippen LogP contribution in [-0.4, -0.2) is 29.5 Å². The monoisotopic (exact) mass is 264 g/mol. The van der Waals surface area contributed by atoms with Gasteiger partial charge in [0.25, 0.3) is 0 Å². The van der Waals surface area contributed by atoms with Crippen molar-refractivity contribution in [2.75, 3.05) is 7.11 Å². The lowest BCUT2D eigenvalue weighted by atomic mass is 10.1. The lowest BCUT2D eigenvalue weighted by molar-refractivity contribution is -0.0405. The standard InChI is InChI=1S/C11H11ClF2O3/c1-17-8-4-2-7(3-5-8)9(15)6-10(16)11(12,13)14/h2-5,10,16H,6H2,1H3/t10-/m0/s1. The van der Waals surface area contributed by atoms with Crippen LogP contribution in [0, 0.1) is 0 Å². The quantitative estimate of drug-likeness (QED) is 0.656. The van der Waals surface area contributed by atoms with Gasteiger partial charge in [-0.1, -0.05) is 0 Å². The predicted molar refractivity (Wildman–Crippen MR) is 58.7 cm³/mol. The summed E-state index contributed by atoms with van der Waals surface area (Å²) in [4.78, 5) is 11.5. The van der Waals surface area contributed by atoms with E-state index < -0.39 is 23.7 Å². The van der Waals surface area contributed by atoms with Crippen molar-refractivity contribution in [2.24, 2.45) is 0 Å². The summed E-state index contributed by atoms with van der Waals surface area (Å²) in [6.45, 7) is 0. The van der Waals surface area contributed by atoms with Crippen LogP contribution in [0.15, 0.2) is 24.3 Å². The summed E-state index contributed by atoms with van der Waals surface area (Å²) in [5.41, 5.74) is 0.214. The van der Waals surface area contributed by atoms with E-state index in [0.717, 1.165) is 0 Å². The average molecular weight is 265 g/mol. The first kappa shape index (κ1) is 13.9. The van der Waals surface area contributed by atoms with Crippen LogP contribution in [0.2, 0.25) is 0 Å². The molecule has 0 bridgehead atoms. The van der Waals surface area contributed by atoms with Gasteiger partial charge in [0, 0.05) is 12.0 Å². The summed E-state index contributed by atoms with van der Waals surface area (Å²) in [7, 11) is 1.47. The molecule has 0 aromatic heterocycles. The maximum Gasteiger partial charge on any atom is 0.347 e. The van der Waals surface area contributed by atoms with E-state index in [1.165, 1.54) is 31.4 Å². The molecule has 3 nitrogen and oxygen atoms in total. The molecular weight excluding hydrogens is 254 g/mol. The molecule has 0 saturated heterocycles. The smallest absolute Gasteiger partial charge is 0.347 e. The molecule has 0 fully saturated rings. The van der Waals surface area contributed by atoms with E-state index in [4.69, 9.17) is 9.84 Å². The van der Waals surface area contributed by atoms with Gasteiger partial charge >= 0.3 is 5.38 Å². The van der Waals surface area contributed by atoms with Gasteiger partial charge < -0.3 is 9.84 Å². The van der Waals surface area contributed by atoms with Gasteiger partial charge in [0.15, 0.2) is 5.78 Å². The molecule has 1 rings (SSSR count). The Bertz CT molecular complexity index is 387. The van der Waals surface area contributed by atoms with Crippen LogP contribution in [0.1, 0.15) is 16.8 Å². The van der Waals surface area contributed by atoms with Crippen LogP contribution in [0.3, 0.4) is 0 Å². The first-order valence-corrected chi connectivity index (χ1v) is 5.14. The van der Waals surface area contributed by atoms with E-state index in [2.05, 4.69) is 11.6 Å². The number of ether oxygens (including phenoxy) is 1. The van der Waals surface area contributed by atoms with E-state index >= 15 is 0 Å². The van der Waals surface area contributed by atoms with Crippen LogP contribution < -0.4 is 4.74 Å². The van der Waals surface area contributed by atoms with Gasteiger partial charge in [-0.05, 0) is 35.9 Å². The van der Waals surface area contributed by atoms with Gasteiger partial charge in [-0.2, -0.15) is 8.78 Å². The molecule has 1 atom stereocenters. The summed E-state index contributed by atoms with van der Waals surface area (Å²) in [5.74, 6) is -0.0646. The maximum absolute atomic E-state index is 12.5. The minimum absolute atomic E-state index is 0.214. The Balaban J connectivity index is 2.70. The van der Waals surface area contributed by atoms with E-state index in [-0.39, 0.29) is 5.56 Å². The minimum atomic E-state index is -3.80. The first-order chi connectivity index (χ1) is 7.84. The number of ketones is 1. The molecule has 0 saturated carbocycles. The fourth-order valence-corrected chi connectivity index (χ4v) is 1.26. The second-order valence-corrected chi connectivity index (χ2v) is 3.92. The molecule has 1 aromatic carbocycles. The van der Waals surface area contributed by atoms with Crippen molar-refractivity contribution < 1.29 is 23.4 Å². The Morgan fingerprint density at radius 3 is 2.41 bits per heavy atom. The molecule has 0 spiro atoms. The number of hydrogen-bond donors (Lipinski definition) is 1. The van der Waals surface area contributed by atoms with Crippen molar-refractivity contribution in [1.82, 2.24) is 0 Å². The number of carbonyl (C=O) groups excluding carboxylic acids is 1. The van der Waals surface area contributed by atoms with Gasteiger partial charge in [0.2, 0.25) is 0 Å². The Morgan fingerprint density at radius 1 is 1.47 bits per heavy atom. The zero-order chi connectivity index (χ0) is 13.1. The minimum Gasteiger partial charge on any atom is -0.497 e. The number of aliphatic hydroxyl groups excluding tert-OH is 1. The Kier molecular flexibility index (Phi) is 4.42. The van der Waals surface area contributed by atoms with Crippen LogP contribution in [-0.2, 0) is 0 Å². The zero-order valence-electron chi connectivity index (χ0n) is 8.99. The predicted octanol–water partition coefficient (Wildman–Crippen LogP) is 2.46. The number of methoxy groups -OCH3 is 1. The number of alkyl halides is 3. The van der Waals surface area contributed by atoms with Crippen LogP contribution in [0.5, 0.6) is 5.75 Å². The van der Waals surface area contributed by atoms with Crippen molar-refractivity contribution in [1.29, 1.82) is 0 Å². The number of halogens is 3. The number of benzene rings is 1. The van der Waals surface area contributed by atoms with E-state index in [9.17, 15) is 13.6 Å². The highest BCUT2D eigenvalue weighted by atomic mass is 35.5. The number of rotatable bonds is 5. The van der Waals surface area contributed by atoms with Gasteiger partial charge in [-0.3, -0.25) is 4.79 Å². The molecule has 0 unspecified atom stereocenters. The molecule has 6 heteroatoms. The van der Waals surface area contributed by atoms with Crippen molar-refractivity contribution in [3.05, 3.63) is 29.8 Å². The highest BCUT2D eigenvalue weighted by molar-refractivity contribution is 6.22. The largest absolute Gasteiger partial charge is 0.497 e. The first-order valence-electron chi connectivity index (χ1n) is 4.76. The number of carbonyl (C=O) groups is 1. The fourth-order valence-electron chi connectivity index (χ4n) is 1.19. The molecule has 0 heterocycles. The lowest BCUT2D eigenvalue weighted by Gasteiger charge is -2.14.